The second kappa shape index (κ2) is 25.0. The van der Waals surface area contributed by atoms with Gasteiger partial charge in [0.25, 0.3) is 0 Å². The Morgan fingerprint density at radius 1 is 1.00 bits per heavy atom. The maximum absolute atomic E-state index is 0. The molecule has 0 aliphatic rings. The van der Waals surface area contributed by atoms with Gasteiger partial charge in [0.1, 0.15) is 0 Å². The molecule has 0 bridgehead atoms. The smallest absolute Gasteiger partial charge is 1.00 e. The third kappa shape index (κ3) is 18.2. The topological polar surface area (TPSA) is 0 Å². The summed E-state index contributed by atoms with van der Waals surface area (Å²) in [6, 6.07) is 0. The van der Waals surface area contributed by atoms with Crippen molar-refractivity contribution in [3.8, 4) is 0 Å². The molecule has 0 nitrogen and oxygen atoms in total. The van der Waals surface area contributed by atoms with Crippen LogP contribution in [0.1, 0.15) is 5.71 Å². The first kappa shape index (κ1) is 37.1. The predicted molar refractivity (Wildman–Crippen MR) is 48.6 cm³/mol. The number of hydrogen-bond acceptors (Lipinski definition) is 0. The van der Waals surface area contributed by atoms with Crippen LogP contribution in [0.25, 0.3) is 0 Å². The number of rotatable bonds is 0. The third-order valence-corrected chi connectivity index (χ3v) is 0. The monoisotopic (exact) mass is 276 g/mol. The average molecular weight is 276 g/mol. The summed E-state index contributed by atoms with van der Waals surface area (Å²) in [5.74, 6) is 0. The maximum Gasteiger partial charge on any atom is 2.00 e. The molecule has 0 atom stereocenters. The zero-order chi connectivity index (χ0) is 0. The predicted octanol–water partition coefficient (Wildman–Crippen LogP) is -4.40. The minimum absolute atomic E-state index is 0. The Hall–Kier alpha value is 3.80. The first-order chi connectivity index (χ1) is 0. The maximum atomic E-state index is 0. The van der Waals surface area contributed by atoms with Gasteiger partial charge in [-0.1, -0.05) is 0 Å². The fraction of sp³-hybridized carbons (Fsp3) is 0. The van der Waals surface area contributed by atoms with E-state index in [0.717, 1.165) is 0 Å². The Kier molecular flexibility index (Phi) is 185. The third-order valence-electron chi connectivity index (χ3n) is 0. The van der Waals surface area contributed by atoms with E-state index in [1.54, 1.807) is 0 Å². The Balaban J connectivity index is 0. The van der Waals surface area contributed by atoms with Gasteiger partial charge >= 0.3 is 86.6 Å². The molecule has 0 amide bonds. The first-order valence-electron chi connectivity index (χ1n) is 0. The van der Waals surface area contributed by atoms with Crippen molar-refractivity contribution in [2.75, 3.05) is 0 Å². The van der Waals surface area contributed by atoms with Crippen LogP contribution in [0.15, 0.2) is 0 Å². The van der Waals surface area contributed by atoms with E-state index in [1.807, 2.05) is 0 Å². The zero-order valence-electron chi connectivity index (χ0n) is 5.41. The number of hydrogen-bond donors (Lipinski definition) is 0. The van der Waals surface area contributed by atoms with Crippen molar-refractivity contribution in [3.63, 3.8) is 0 Å². The van der Waals surface area contributed by atoms with Crippen molar-refractivity contribution >= 4 is 126 Å². The second-order valence-corrected chi connectivity index (χ2v) is 0. The Bertz CT molecular complexity index is 18.5. The summed E-state index contributed by atoms with van der Waals surface area (Å²) in [5, 5.41) is 0. The molecule has 0 saturated carbocycles. The quantitative estimate of drug-likeness (QED) is 0.392. The second-order valence-electron chi connectivity index (χ2n) is 0. The molecule has 0 N–H and O–H groups in total. The van der Waals surface area contributed by atoms with Crippen LogP contribution in [-0.2, 0) is 0 Å². The molecule has 0 aromatic rings. The molecule has 0 fully saturated rings. The molecule has 5 heavy (non-hydrogen) atoms. The summed E-state index contributed by atoms with van der Waals surface area (Å²) in [7, 11) is 0. The Morgan fingerprint density at radius 3 is 1.00 bits per heavy atom. The van der Waals surface area contributed by atoms with Crippen LogP contribution in [0.4, 0.5) is 0 Å². The van der Waals surface area contributed by atoms with E-state index in [-0.39, 0.29) is 132 Å². The van der Waals surface area contributed by atoms with Gasteiger partial charge < -0.3 is 5.71 Å². The van der Waals surface area contributed by atoms with Gasteiger partial charge in [-0.3, -0.25) is 0 Å². The van der Waals surface area contributed by atoms with Crippen molar-refractivity contribution in [1.82, 2.24) is 0 Å². The summed E-state index contributed by atoms with van der Waals surface area (Å²) in [5.41, 5.74) is 0. The van der Waals surface area contributed by atoms with Crippen LogP contribution in [0.5, 0.6) is 0 Å². The Labute approximate surface area is 128 Å². The molecule has 0 spiro atoms. The van der Waals surface area contributed by atoms with E-state index < -0.39 is 0 Å². The summed E-state index contributed by atoms with van der Waals surface area (Å²) in [6.45, 7) is 0. The fourth-order valence-electron chi connectivity index (χ4n) is 0. The van der Waals surface area contributed by atoms with E-state index in [0.29, 0.717) is 0 Å². The molecular formula is H15AlBaCaSi2. The first-order valence-corrected chi connectivity index (χ1v) is 0. The SMILES string of the molecule is [AlH3].[Ba+2].[Ca+2].[H-].[H-].[H-].[H-].[SiH4].[SiH4]. The summed E-state index contributed by atoms with van der Waals surface area (Å²) < 4.78 is 0. The Morgan fingerprint density at radius 2 is 1.00 bits per heavy atom. The standard InChI is InChI=1S/Al.Ba.Ca.2H4Si.7H/h;;;2*1H4;;;;;;;/q;2*+2;;;;;;4*-1. The minimum atomic E-state index is 0. The van der Waals surface area contributed by atoms with Crippen LogP contribution < -0.4 is 0 Å². The molecule has 30 valence electrons. The van der Waals surface area contributed by atoms with E-state index in [1.165, 1.54) is 0 Å². The minimum Gasteiger partial charge on any atom is -1.00 e. The van der Waals surface area contributed by atoms with Crippen LogP contribution >= 0.6 is 0 Å². The van der Waals surface area contributed by atoms with Crippen LogP contribution in [-0.4, -0.2) is 126 Å². The largest absolute Gasteiger partial charge is 2.00 e. The normalized spacial score (nSPS) is 0. The molecule has 5 heteroatoms. The van der Waals surface area contributed by atoms with Crippen LogP contribution in [0, 0.1) is 0 Å². The molecule has 0 aliphatic carbocycles. The fourth-order valence-corrected chi connectivity index (χ4v) is 0. The van der Waals surface area contributed by atoms with Gasteiger partial charge in [0.05, 0.1) is 0 Å². The molecule has 0 saturated heterocycles. The van der Waals surface area contributed by atoms with Crippen molar-refractivity contribution in [3.05, 3.63) is 0 Å². The van der Waals surface area contributed by atoms with Gasteiger partial charge in [-0.05, 0) is 21.9 Å². The van der Waals surface area contributed by atoms with E-state index in [4.69, 9.17) is 0 Å². The molecular weight excluding hydrogens is 261 g/mol. The molecule has 0 aromatic heterocycles. The van der Waals surface area contributed by atoms with Gasteiger partial charge in [0.15, 0.2) is 17.4 Å². The van der Waals surface area contributed by atoms with Gasteiger partial charge in [-0.2, -0.15) is 0 Å². The van der Waals surface area contributed by atoms with Crippen molar-refractivity contribution < 1.29 is 5.71 Å². The van der Waals surface area contributed by atoms with E-state index in [2.05, 4.69) is 0 Å². The molecule has 0 aliphatic heterocycles. The van der Waals surface area contributed by atoms with Gasteiger partial charge in [0, 0.05) is 0 Å². The van der Waals surface area contributed by atoms with Crippen molar-refractivity contribution in [2.24, 2.45) is 0 Å². The molecule has 0 aromatic carbocycles. The van der Waals surface area contributed by atoms with Crippen molar-refractivity contribution in [2.45, 2.75) is 0 Å². The molecule has 0 radical (unpaired) electrons. The molecule has 0 rings (SSSR count). The van der Waals surface area contributed by atoms with E-state index in [9.17, 15) is 0 Å². The molecule has 0 heterocycles. The average Bonchev–Trinajstić information content (AvgIpc) is 0. The van der Waals surface area contributed by atoms with E-state index >= 15 is 0 Å². The van der Waals surface area contributed by atoms with Gasteiger partial charge in [0.2, 0.25) is 0 Å². The molecule has 0 unspecified atom stereocenters. The van der Waals surface area contributed by atoms with Crippen molar-refractivity contribution in [1.29, 1.82) is 0 Å². The zero-order valence-corrected chi connectivity index (χ0v) is 8.06. The van der Waals surface area contributed by atoms with Crippen LogP contribution in [0.2, 0.25) is 0 Å². The summed E-state index contributed by atoms with van der Waals surface area (Å²) in [6.07, 6.45) is 0. The summed E-state index contributed by atoms with van der Waals surface area (Å²) >= 11 is 0. The van der Waals surface area contributed by atoms with Gasteiger partial charge in [-0.15, -0.1) is 0 Å². The van der Waals surface area contributed by atoms with Crippen LogP contribution in [0.3, 0.4) is 0 Å². The summed E-state index contributed by atoms with van der Waals surface area (Å²) in [4.78, 5) is 0. The van der Waals surface area contributed by atoms with Gasteiger partial charge in [-0.25, -0.2) is 0 Å².